The molecular weight excluding hydrogens is 186 g/mol. The molecule has 3 nitrogen and oxygen atoms in total. The molecule has 1 heterocycles. The normalized spacial score (nSPS) is 26.3. The van der Waals surface area contributed by atoms with E-state index in [1.54, 1.807) is 0 Å². The van der Waals surface area contributed by atoms with Gasteiger partial charge < -0.3 is 9.88 Å². The molecule has 1 saturated carbocycles. The van der Waals surface area contributed by atoms with E-state index in [0.29, 0.717) is 6.04 Å². The molecule has 0 bridgehead atoms. The summed E-state index contributed by atoms with van der Waals surface area (Å²) in [5.41, 5.74) is 0.231. The minimum atomic E-state index is 0.231. The first-order valence-corrected chi connectivity index (χ1v) is 5.79. The molecule has 1 aromatic heterocycles. The molecule has 0 spiro atoms. The third kappa shape index (κ3) is 2.59. The zero-order valence-corrected chi connectivity index (χ0v) is 9.90. The molecule has 2 rings (SSSR count). The van der Waals surface area contributed by atoms with Gasteiger partial charge in [0.2, 0.25) is 0 Å². The van der Waals surface area contributed by atoms with Gasteiger partial charge in [-0.15, -0.1) is 0 Å². The summed E-state index contributed by atoms with van der Waals surface area (Å²) in [6.07, 6.45) is 8.52. The van der Waals surface area contributed by atoms with Crippen molar-refractivity contribution in [3.05, 3.63) is 18.7 Å². The molecule has 3 heteroatoms. The van der Waals surface area contributed by atoms with Crippen molar-refractivity contribution in [3.63, 3.8) is 0 Å². The van der Waals surface area contributed by atoms with Gasteiger partial charge in [-0.3, -0.25) is 0 Å². The van der Waals surface area contributed by atoms with Crippen molar-refractivity contribution in [1.29, 1.82) is 0 Å². The largest absolute Gasteiger partial charge is 0.334 e. The molecule has 2 unspecified atom stereocenters. The predicted molar refractivity (Wildman–Crippen MR) is 61.7 cm³/mol. The molecular formula is C12H21N3. The van der Waals surface area contributed by atoms with Gasteiger partial charge in [-0.1, -0.05) is 0 Å². The van der Waals surface area contributed by atoms with Crippen LogP contribution in [-0.2, 0) is 0 Å². The first kappa shape index (κ1) is 10.7. The molecule has 1 aliphatic carbocycles. The van der Waals surface area contributed by atoms with E-state index in [2.05, 4.69) is 41.8 Å². The Bertz CT molecular complexity index is 297. The van der Waals surface area contributed by atoms with Crippen molar-refractivity contribution in [2.24, 2.45) is 5.92 Å². The van der Waals surface area contributed by atoms with Gasteiger partial charge in [0.25, 0.3) is 0 Å². The van der Waals surface area contributed by atoms with E-state index >= 15 is 0 Å². The number of imidazole rings is 1. The predicted octanol–water partition coefficient (Wildman–Crippen LogP) is 2.22. The molecule has 0 amide bonds. The third-order valence-electron chi connectivity index (χ3n) is 3.18. The van der Waals surface area contributed by atoms with E-state index < -0.39 is 0 Å². The SMILES string of the molecule is CC(C)(C)NCC1CCC1n1ccnc1. The van der Waals surface area contributed by atoms with E-state index in [4.69, 9.17) is 0 Å². The number of nitrogens with zero attached hydrogens (tertiary/aromatic N) is 2. The fraction of sp³-hybridized carbons (Fsp3) is 0.750. The molecule has 0 aliphatic heterocycles. The molecule has 1 N–H and O–H groups in total. The van der Waals surface area contributed by atoms with Gasteiger partial charge in [0, 0.05) is 30.5 Å². The lowest BCUT2D eigenvalue weighted by atomic mass is 9.79. The Morgan fingerprint density at radius 2 is 2.20 bits per heavy atom. The van der Waals surface area contributed by atoms with Gasteiger partial charge >= 0.3 is 0 Å². The van der Waals surface area contributed by atoms with Gasteiger partial charge in [0.05, 0.1) is 6.33 Å². The number of nitrogens with one attached hydrogen (secondary N) is 1. The molecule has 2 atom stereocenters. The second-order valence-electron chi connectivity index (χ2n) is 5.55. The highest BCUT2D eigenvalue weighted by molar-refractivity contribution is 4.92. The van der Waals surface area contributed by atoms with Crippen molar-refractivity contribution in [2.75, 3.05) is 6.54 Å². The Labute approximate surface area is 91.9 Å². The van der Waals surface area contributed by atoms with Gasteiger partial charge in [0.1, 0.15) is 0 Å². The topological polar surface area (TPSA) is 29.9 Å². The number of rotatable bonds is 3. The van der Waals surface area contributed by atoms with E-state index in [1.807, 2.05) is 12.5 Å². The Hall–Kier alpha value is -0.830. The highest BCUT2D eigenvalue weighted by Gasteiger charge is 2.32. The maximum atomic E-state index is 4.11. The summed E-state index contributed by atoms with van der Waals surface area (Å²) in [5, 5.41) is 3.58. The highest BCUT2D eigenvalue weighted by Crippen LogP contribution is 2.37. The summed E-state index contributed by atoms with van der Waals surface area (Å²) >= 11 is 0. The standard InChI is InChI=1S/C12H21N3/c1-12(2,3)14-8-10-4-5-11(10)15-7-6-13-9-15/h6-7,9-11,14H,4-5,8H2,1-3H3. The van der Waals surface area contributed by atoms with Crippen LogP contribution in [0.4, 0.5) is 0 Å². The van der Waals surface area contributed by atoms with Crippen LogP contribution in [0.25, 0.3) is 0 Å². The Morgan fingerprint density at radius 1 is 1.40 bits per heavy atom. The fourth-order valence-electron chi connectivity index (χ4n) is 2.08. The minimum absolute atomic E-state index is 0.231. The zero-order chi connectivity index (χ0) is 10.9. The van der Waals surface area contributed by atoms with Gasteiger partial charge in [-0.25, -0.2) is 4.98 Å². The number of aromatic nitrogens is 2. The van der Waals surface area contributed by atoms with Crippen molar-refractivity contribution in [3.8, 4) is 0 Å². The Kier molecular flexibility index (Phi) is 2.83. The van der Waals surface area contributed by atoms with Crippen LogP contribution >= 0.6 is 0 Å². The Balaban J connectivity index is 1.85. The van der Waals surface area contributed by atoms with E-state index in [-0.39, 0.29) is 5.54 Å². The van der Waals surface area contributed by atoms with Crippen molar-refractivity contribution >= 4 is 0 Å². The van der Waals surface area contributed by atoms with Crippen LogP contribution in [0.2, 0.25) is 0 Å². The minimum Gasteiger partial charge on any atom is -0.334 e. The molecule has 0 saturated heterocycles. The van der Waals surface area contributed by atoms with E-state index in [0.717, 1.165) is 12.5 Å². The maximum Gasteiger partial charge on any atom is 0.0948 e. The Morgan fingerprint density at radius 3 is 2.67 bits per heavy atom. The first-order chi connectivity index (χ1) is 7.06. The number of hydrogen-bond donors (Lipinski definition) is 1. The second-order valence-corrected chi connectivity index (χ2v) is 5.55. The molecule has 84 valence electrons. The monoisotopic (exact) mass is 207 g/mol. The molecule has 15 heavy (non-hydrogen) atoms. The van der Waals surface area contributed by atoms with Crippen molar-refractivity contribution in [2.45, 2.75) is 45.2 Å². The summed E-state index contributed by atoms with van der Waals surface area (Å²) in [6, 6.07) is 0.669. The summed E-state index contributed by atoms with van der Waals surface area (Å²) in [4.78, 5) is 4.11. The van der Waals surface area contributed by atoms with Crippen LogP contribution in [0.15, 0.2) is 18.7 Å². The molecule has 0 aromatic carbocycles. The van der Waals surface area contributed by atoms with Crippen LogP contribution in [0.1, 0.15) is 39.7 Å². The average Bonchev–Trinajstić information content (AvgIpc) is 2.53. The summed E-state index contributed by atoms with van der Waals surface area (Å²) in [5.74, 6) is 0.776. The van der Waals surface area contributed by atoms with Crippen LogP contribution in [0.5, 0.6) is 0 Å². The van der Waals surface area contributed by atoms with E-state index in [1.165, 1.54) is 12.8 Å². The lowest BCUT2D eigenvalue weighted by Gasteiger charge is -2.39. The van der Waals surface area contributed by atoms with Gasteiger partial charge in [-0.05, 0) is 39.5 Å². The molecule has 0 radical (unpaired) electrons. The smallest absolute Gasteiger partial charge is 0.0948 e. The van der Waals surface area contributed by atoms with Crippen LogP contribution in [0, 0.1) is 5.92 Å². The third-order valence-corrected chi connectivity index (χ3v) is 3.18. The summed E-state index contributed by atoms with van der Waals surface area (Å²) in [7, 11) is 0. The highest BCUT2D eigenvalue weighted by atomic mass is 15.1. The fourth-order valence-corrected chi connectivity index (χ4v) is 2.08. The van der Waals surface area contributed by atoms with Crippen LogP contribution in [-0.4, -0.2) is 21.6 Å². The maximum absolute atomic E-state index is 4.11. The second kappa shape index (κ2) is 3.97. The summed E-state index contributed by atoms with van der Waals surface area (Å²) in [6.45, 7) is 7.78. The quantitative estimate of drug-likeness (QED) is 0.823. The van der Waals surface area contributed by atoms with Crippen molar-refractivity contribution in [1.82, 2.24) is 14.9 Å². The zero-order valence-electron chi connectivity index (χ0n) is 9.90. The molecule has 1 aromatic rings. The average molecular weight is 207 g/mol. The van der Waals surface area contributed by atoms with Gasteiger partial charge in [0.15, 0.2) is 0 Å². The first-order valence-electron chi connectivity index (χ1n) is 5.79. The lowest BCUT2D eigenvalue weighted by molar-refractivity contribution is 0.165. The number of hydrogen-bond acceptors (Lipinski definition) is 2. The van der Waals surface area contributed by atoms with Crippen LogP contribution in [0.3, 0.4) is 0 Å². The lowest BCUT2D eigenvalue weighted by Crippen LogP contribution is -2.44. The van der Waals surface area contributed by atoms with Gasteiger partial charge in [-0.2, -0.15) is 0 Å². The molecule has 1 fully saturated rings. The van der Waals surface area contributed by atoms with E-state index in [9.17, 15) is 0 Å². The summed E-state index contributed by atoms with van der Waals surface area (Å²) < 4.78 is 2.25. The van der Waals surface area contributed by atoms with Crippen molar-refractivity contribution < 1.29 is 0 Å². The molecule has 1 aliphatic rings. The van der Waals surface area contributed by atoms with Crippen LogP contribution < -0.4 is 5.32 Å².